The van der Waals surface area contributed by atoms with Crippen molar-refractivity contribution in [3.8, 4) is 11.5 Å². The third-order valence-electron chi connectivity index (χ3n) is 4.04. The molecule has 0 aliphatic heterocycles. The second kappa shape index (κ2) is 8.89. The molecule has 2 aromatic rings. The summed E-state index contributed by atoms with van der Waals surface area (Å²) in [7, 11) is 3.08. The Morgan fingerprint density at radius 1 is 1.00 bits per heavy atom. The van der Waals surface area contributed by atoms with E-state index in [1.807, 2.05) is 25.1 Å². The number of hydrogen-bond acceptors (Lipinski definition) is 4. The van der Waals surface area contributed by atoms with E-state index in [9.17, 15) is 9.59 Å². The first-order chi connectivity index (χ1) is 12.4. The molecule has 2 rings (SSSR count). The molecule has 0 spiro atoms. The number of carboxylic acid groups (broad SMARTS) is 1. The average Bonchev–Trinajstić information content (AvgIpc) is 2.62. The lowest BCUT2D eigenvalue weighted by atomic mass is 10.1. The standard InChI is InChI=1S/C20H23NO5/c1-13-4-7-17(25-2)16(10-13)12-19(22)21-9-8-14-5-6-15(20(23)24)11-18(14)26-3/h4-7,10-11H,8-9,12H2,1-3H3,(H,21,22)(H,23,24). The summed E-state index contributed by atoms with van der Waals surface area (Å²) >= 11 is 0. The predicted molar refractivity (Wildman–Crippen MR) is 98.1 cm³/mol. The Morgan fingerprint density at radius 3 is 2.38 bits per heavy atom. The molecule has 0 saturated carbocycles. The number of carbonyl (C=O) groups excluding carboxylic acids is 1. The van der Waals surface area contributed by atoms with Crippen LogP contribution in [0.15, 0.2) is 36.4 Å². The highest BCUT2D eigenvalue weighted by Gasteiger charge is 2.11. The van der Waals surface area contributed by atoms with Crippen LogP contribution in [0.5, 0.6) is 11.5 Å². The van der Waals surface area contributed by atoms with Gasteiger partial charge in [0.2, 0.25) is 5.91 Å². The van der Waals surface area contributed by atoms with Crippen LogP contribution in [0, 0.1) is 6.92 Å². The molecule has 0 atom stereocenters. The molecule has 0 unspecified atom stereocenters. The van der Waals surface area contributed by atoms with Crippen molar-refractivity contribution in [3.05, 3.63) is 58.7 Å². The zero-order valence-electron chi connectivity index (χ0n) is 15.2. The van der Waals surface area contributed by atoms with Crippen molar-refractivity contribution in [2.45, 2.75) is 19.8 Å². The Morgan fingerprint density at radius 2 is 1.73 bits per heavy atom. The van der Waals surface area contributed by atoms with Gasteiger partial charge in [0.05, 0.1) is 26.2 Å². The third-order valence-corrected chi connectivity index (χ3v) is 4.04. The summed E-state index contributed by atoms with van der Waals surface area (Å²) in [6.07, 6.45) is 0.777. The molecular weight excluding hydrogens is 334 g/mol. The maximum absolute atomic E-state index is 12.2. The molecule has 1 amide bonds. The molecule has 0 aliphatic carbocycles. The number of rotatable bonds is 8. The average molecular weight is 357 g/mol. The zero-order valence-corrected chi connectivity index (χ0v) is 15.2. The van der Waals surface area contributed by atoms with Crippen LogP contribution in [0.2, 0.25) is 0 Å². The summed E-state index contributed by atoms with van der Waals surface area (Å²) in [5.74, 6) is 0.0847. The van der Waals surface area contributed by atoms with E-state index in [1.165, 1.54) is 19.2 Å². The minimum Gasteiger partial charge on any atom is -0.496 e. The Hall–Kier alpha value is -3.02. The van der Waals surface area contributed by atoms with Crippen LogP contribution in [-0.2, 0) is 17.6 Å². The van der Waals surface area contributed by atoms with Gasteiger partial charge in [-0.05, 0) is 37.1 Å². The summed E-state index contributed by atoms with van der Waals surface area (Å²) in [5.41, 5.74) is 2.91. The number of aryl methyl sites for hydroxylation is 1. The SMILES string of the molecule is COc1cc(C(=O)O)ccc1CCNC(=O)Cc1cc(C)ccc1OC. The van der Waals surface area contributed by atoms with Crippen LogP contribution in [0.4, 0.5) is 0 Å². The van der Waals surface area contributed by atoms with Gasteiger partial charge >= 0.3 is 5.97 Å². The van der Waals surface area contributed by atoms with Crippen LogP contribution < -0.4 is 14.8 Å². The monoisotopic (exact) mass is 357 g/mol. The van der Waals surface area contributed by atoms with Crippen molar-refractivity contribution in [1.82, 2.24) is 5.32 Å². The van der Waals surface area contributed by atoms with Gasteiger partial charge in [0.1, 0.15) is 11.5 Å². The van der Waals surface area contributed by atoms with Gasteiger partial charge in [-0.25, -0.2) is 4.79 Å². The summed E-state index contributed by atoms with van der Waals surface area (Å²) in [5, 5.41) is 11.9. The van der Waals surface area contributed by atoms with E-state index in [-0.39, 0.29) is 17.9 Å². The number of hydrogen-bond donors (Lipinski definition) is 2. The molecule has 6 heteroatoms. The first-order valence-corrected chi connectivity index (χ1v) is 8.25. The summed E-state index contributed by atoms with van der Waals surface area (Å²) < 4.78 is 10.5. The number of amides is 1. The molecule has 0 fully saturated rings. The molecule has 0 radical (unpaired) electrons. The van der Waals surface area contributed by atoms with Crippen LogP contribution in [-0.4, -0.2) is 37.7 Å². The number of carbonyl (C=O) groups is 2. The molecule has 2 aromatic carbocycles. The van der Waals surface area contributed by atoms with Crippen molar-refractivity contribution < 1.29 is 24.2 Å². The van der Waals surface area contributed by atoms with E-state index in [1.54, 1.807) is 13.2 Å². The van der Waals surface area contributed by atoms with Crippen molar-refractivity contribution in [2.75, 3.05) is 20.8 Å². The Kier molecular flexibility index (Phi) is 6.60. The lowest BCUT2D eigenvalue weighted by molar-refractivity contribution is -0.120. The normalized spacial score (nSPS) is 10.3. The maximum Gasteiger partial charge on any atom is 0.335 e. The van der Waals surface area contributed by atoms with E-state index in [2.05, 4.69) is 5.32 Å². The third kappa shape index (κ3) is 4.99. The van der Waals surface area contributed by atoms with Crippen LogP contribution in [0.3, 0.4) is 0 Å². The molecule has 0 heterocycles. The molecule has 0 bridgehead atoms. The van der Waals surface area contributed by atoms with E-state index >= 15 is 0 Å². The smallest absolute Gasteiger partial charge is 0.335 e. The molecule has 26 heavy (non-hydrogen) atoms. The highest BCUT2D eigenvalue weighted by molar-refractivity contribution is 5.88. The first-order valence-electron chi connectivity index (χ1n) is 8.25. The van der Waals surface area contributed by atoms with Gasteiger partial charge in [-0.15, -0.1) is 0 Å². The molecular formula is C20H23NO5. The molecule has 0 aromatic heterocycles. The lowest BCUT2D eigenvalue weighted by Crippen LogP contribution is -2.27. The van der Waals surface area contributed by atoms with Crippen molar-refractivity contribution in [1.29, 1.82) is 0 Å². The minimum atomic E-state index is -1.00. The fourth-order valence-electron chi connectivity index (χ4n) is 2.70. The van der Waals surface area contributed by atoms with Crippen LogP contribution in [0.25, 0.3) is 0 Å². The first kappa shape index (κ1) is 19.3. The number of ether oxygens (including phenoxy) is 2. The van der Waals surface area contributed by atoms with Gasteiger partial charge in [-0.3, -0.25) is 4.79 Å². The Balaban J connectivity index is 1.94. The molecule has 6 nitrogen and oxygen atoms in total. The Labute approximate surface area is 152 Å². The largest absolute Gasteiger partial charge is 0.496 e. The second-order valence-electron chi connectivity index (χ2n) is 5.92. The van der Waals surface area contributed by atoms with Gasteiger partial charge in [0, 0.05) is 12.1 Å². The van der Waals surface area contributed by atoms with Gasteiger partial charge < -0.3 is 19.9 Å². The maximum atomic E-state index is 12.2. The number of carboxylic acids is 1. The van der Waals surface area contributed by atoms with Gasteiger partial charge in [0.25, 0.3) is 0 Å². The van der Waals surface area contributed by atoms with Crippen LogP contribution >= 0.6 is 0 Å². The minimum absolute atomic E-state index is 0.102. The van der Waals surface area contributed by atoms with Gasteiger partial charge in [0.15, 0.2) is 0 Å². The highest BCUT2D eigenvalue weighted by atomic mass is 16.5. The summed E-state index contributed by atoms with van der Waals surface area (Å²) in [6.45, 7) is 2.39. The number of nitrogens with one attached hydrogen (secondary N) is 1. The van der Waals surface area contributed by atoms with Crippen LogP contribution in [0.1, 0.15) is 27.0 Å². The van der Waals surface area contributed by atoms with E-state index in [0.717, 1.165) is 16.7 Å². The van der Waals surface area contributed by atoms with Crippen molar-refractivity contribution >= 4 is 11.9 Å². The van der Waals surface area contributed by atoms with Crippen molar-refractivity contribution in [2.24, 2.45) is 0 Å². The molecule has 0 aliphatic rings. The molecule has 2 N–H and O–H groups in total. The summed E-state index contributed by atoms with van der Waals surface area (Å²) in [4.78, 5) is 23.2. The Bertz CT molecular complexity index is 801. The van der Waals surface area contributed by atoms with E-state index in [0.29, 0.717) is 24.5 Å². The summed E-state index contributed by atoms with van der Waals surface area (Å²) in [6, 6.07) is 10.4. The molecule has 138 valence electrons. The number of aromatic carboxylic acids is 1. The van der Waals surface area contributed by atoms with Gasteiger partial charge in [-0.2, -0.15) is 0 Å². The fraction of sp³-hybridized carbons (Fsp3) is 0.300. The highest BCUT2D eigenvalue weighted by Crippen LogP contribution is 2.21. The number of benzene rings is 2. The van der Waals surface area contributed by atoms with Gasteiger partial charge in [-0.1, -0.05) is 23.8 Å². The lowest BCUT2D eigenvalue weighted by Gasteiger charge is -2.12. The zero-order chi connectivity index (χ0) is 19.1. The predicted octanol–water partition coefficient (Wildman–Crippen LogP) is 2.61. The van der Waals surface area contributed by atoms with E-state index in [4.69, 9.17) is 14.6 Å². The van der Waals surface area contributed by atoms with E-state index < -0.39 is 5.97 Å². The number of methoxy groups -OCH3 is 2. The fourth-order valence-corrected chi connectivity index (χ4v) is 2.70. The quantitative estimate of drug-likeness (QED) is 0.759. The second-order valence-corrected chi connectivity index (χ2v) is 5.92. The molecule has 0 saturated heterocycles. The topological polar surface area (TPSA) is 84.9 Å². The van der Waals surface area contributed by atoms with Crippen molar-refractivity contribution in [3.63, 3.8) is 0 Å².